The standard InChI is InChI=1S/C23H21F3N4O2/c1-15-12-29(14-27-15)18-5-6-19-20(31)28(9-10-30(19)21(18)32)13-22(7-8-22)16-3-2-4-17(11-16)23(24,25)26/h2-6,11-12,14H,7-10,13H2,1H3. The number of aryl methyl sites for hydroxylation is 1. The first-order valence-electron chi connectivity index (χ1n) is 10.4. The zero-order chi connectivity index (χ0) is 22.7. The molecule has 9 heteroatoms. The maximum atomic E-state index is 13.2. The number of carbonyl (C=O) groups excluding carboxylic acids is 1. The van der Waals surface area contributed by atoms with Crippen LogP contribution in [0.3, 0.4) is 0 Å². The first-order valence-corrected chi connectivity index (χ1v) is 10.4. The van der Waals surface area contributed by atoms with E-state index in [1.165, 1.54) is 16.7 Å². The van der Waals surface area contributed by atoms with Crippen LogP contribution in [-0.4, -0.2) is 38.0 Å². The molecule has 3 aromatic rings. The van der Waals surface area contributed by atoms with Gasteiger partial charge in [0.15, 0.2) is 0 Å². The molecule has 0 saturated heterocycles. The number of aromatic nitrogens is 3. The molecule has 166 valence electrons. The number of hydrogen-bond donors (Lipinski definition) is 0. The number of fused-ring (bicyclic) bond motifs is 1. The van der Waals surface area contributed by atoms with E-state index < -0.39 is 17.2 Å². The van der Waals surface area contributed by atoms with Crippen molar-refractivity contribution in [2.45, 2.75) is 37.9 Å². The van der Waals surface area contributed by atoms with Crippen LogP contribution in [0.4, 0.5) is 13.2 Å². The lowest BCUT2D eigenvalue weighted by molar-refractivity contribution is -0.137. The molecule has 2 aliphatic rings. The van der Waals surface area contributed by atoms with Gasteiger partial charge < -0.3 is 14.0 Å². The molecule has 1 aliphatic carbocycles. The van der Waals surface area contributed by atoms with Crippen molar-refractivity contribution in [2.75, 3.05) is 13.1 Å². The predicted octanol–water partition coefficient (Wildman–Crippen LogP) is 3.55. The van der Waals surface area contributed by atoms with Crippen molar-refractivity contribution in [1.29, 1.82) is 0 Å². The van der Waals surface area contributed by atoms with Crippen molar-refractivity contribution >= 4 is 5.91 Å². The Morgan fingerprint density at radius 3 is 2.53 bits per heavy atom. The van der Waals surface area contributed by atoms with Crippen molar-refractivity contribution in [2.24, 2.45) is 0 Å². The van der Waals surface area contributed by atoms with Crippen LogP contribution in [0.2, 0.25) is 0 Å². The first kappa shape index (κ1) is 20.5. The summed E-state index contributed by atoms with van der Waals surface area (Å²) in [7, 11) is 0. The van der Waals surface area contributed by atoms with Crippen LogP contribution in [-0.2, 0) is 18.1 Å². The highest BCUT2D eigenvalue weighted by Crippen LogP contribution is 2.50. The van der Waals surface area contributed by atoms with Crippen molar-refractivity contribution < 1.29 is 18.0 Å². The summed E-state index contributed by atoms with van der Waals surface area (Å²) in [6.07, 6.45) is 0.348. The molecule has 1 saturated carbocycles. The molecule has 0 N–H and O–H groups in total. The number of halogens is 3. The van der Waals surface area contributed by atoms with Crippen molar-refractivity contribution in [1.82, 2.24) is 19.0 Å². The lowest BCUT2D eigenvalue weighted by Crippen LogP contribution is -2.47. The Hall–Kier alpha value is -3.36. The Kier molecular flexibility index (Phi) is 4.54. The average molecular weight is 442 g/mol. The van der Waals surface area contributed by atoms with Crippen molar-refractivity contribution in [3.05, 3.63) is 81.8 Å². The van der Waals surface area contributed by atoms with Crippen LogP contribution in [0.1, 0.15) is 40.2 Å². The Bertz CT molecular complexity index is 1270. The van der Waals surface area contributed by atoms with Crippen LogP contribution in [0.5, 0.6) is 0 Å². The first-order chi connectivity index (χ1) is 15.2. The molecule has 1 aliphatic heterocycles. The Morgan fingerprint density at radius 2 is 1.88 bits per heavy atom. The quantitative estimate of drug-likeness (QED) is 0.621. The summed E-state index contributed by atoms with van der Waals surface area (Å²) in [6.45, 7) is 2.83. The molecular formula is C23H21F3N4O2. The minimum Gasteiger partial charge on any atom is -0.335 e. The molecule has 5 rings (SSSR count). The van der Waals surface area contributed by atoms with Gasteiger partial charge in [0.2, 0.25) is 0 Å². The highest BCUT2D eigenvalue weighted by molar-refractivity contribution is 5.93. The Labute approximate surface area is 181 Å². The number of imidazole rings is 1. The van der Waals surface area contributed by atoms with Crippen molar-refractivity contribution in [3.63, 3.8) is 0 Å². The summed E-state index contributed by atoms with van der Waals surface area (Å²) in [5, 5.41) is 0. The van der Waals surface area contributed by atoms with Gasteiger partial charge in [0.05, 0.1) is 17.6 Å². The van der Waals surface area contributed by atoms with Crippen LogP contribution in [0.15, 0.2) is 53.7 Å². The highest BCUT2D eigenvalue weighted by Gasteiger charge is 2.47. The number of amides is 1. The van der Waals surface area contributed by atoms with E-state index in [4.69, 9.17) is 0 Å². The maximum absolute atomic E-state index is 13.2. The van der Waals surface area contributed by atoms with Gasteiger partial charge in [0.25, 0.3) is 11.5 Å². The minimum atomic E-state index is -4.40. The van der Waals surface area contributed by atoms with Gasteiger partial charge in [-0.25, -0.2) is 4.98 Å². The second-order valence-electron chi connectivity index (χ2n) is 8.57. The van der Waals surface area contributed by atoms with E-state index in [0.29, 0.717) is 36.6 Å². The minimum absolute atomic E-state index is 0.271. The van der Waals surface area contributed by atoms with Gasteiger partial charge in [-0.2, -0.15) is 13.2 Å². The van der Waals surface area contributed by atoms with Gasteiger partial charge in [-0.1, -0.05) is 18.2 Å². The van der Waals surface area contributed by atoms with Crippen molar-refractivity contribution in [3.8, 4) is 5.69 Å². The number of nitrogens with zero attached hydrogens (tertiary/aromatic N) is 4. The summed E-state index contributed by atoms with van der Waals surface area (Å²) in [5.41, 5.74) is 0.679. The number of carbonyl (C=O) groups is 1. The van der Waals surface area contributed by atoms with Gasteiger partial charge in [-0.15, -0.1) is 0 Å². The lowest BCUT2D eigenvalue weighted by Gasteiger charge is -2.33. The lowest BCUT2D eigenvalue weighted by atomic mass is 9.93. The Morgan fingerprint density at radius 1 is 1.09 bits per heavy atom. The van der Waals surface area contributed by atoms with E-state index >= 15 is 0 Å². The number of alkyl halides is 3. The SMILES string of the molecule is Cc1cn(-c2ccc3n(c2=O)CCN(CC2(c4cccc(C(F)(F)F)c4)CC2)C3=O)cn1. The van der Waals surface area contributed by atoms with E-state index in [0.717, 1.165) is 24.6 Å². The predicted molar refractivity (Wildman–Crippen MR) is 111 cm³/mol. The van der Waals surface area contributed by atoms with E-state index in [1.54, 1.807) is 40.2 Å². The molecule has 6 nitrogen and oxygen atoms in total. The van der Waals surface area contributed by atoms with E-state index in [1.807, 2.05) is 6.92 Å². The molecule has 0 radical (unpaired) electrons. The fourth-order valence-corrected chi connectivity index (χ4v) is 4.44. The van der Waals surface area contributed by atoms with Gasteiger partial charge in [-0.3, -0.25) is 9.59 Å². The zero-order valence-electron chi connectivity index (χ0n) is 17.4. The number of pyridine rings is 1. The summed E-state index contributed by atoms with van der Waals surface area (Å²) >= 11 is 0. The second kappa shape index (κ2) is 7.08. The molecular weight excluding hydrogens is 421 g/mol. The summed E-state index contributed by atoms with van der Waals surface area (Å²) in [4.78, 5) is 31.9. The molecule has 0 bridgehead atoms. The van der Waals surface area contributed by atoms with Crippen LogP contribution < -0.4 is 5.56 Å². The average Bonchev–Trinajstić information content (AvgIpc) is 3.42. The molecule has 0 spiro atoms. The fourth-order valence-electron chi connectivity index (χ4n) is 4.44. The van der Waals surface area contributed by atoms with Gasteiger partial charge in [-0.05, 0) is 43.5 Å². The molecule has 32 heavy (non-hydrogen) atoms. The summed E-state index contributed by atoms with van der Waals surface area (Å²) in [6, 6.07) is 8.62. The second-order valence-corrected chi connectivity index (χ2v) is 8.57. The van der Waals surface area contributed by atoms with Gasteiger partial charge >= 0.3 is 6.18 Å². The number of hydrogen-bond acceptors (Lipinski definition) is 3. The normalized spacial score (nSPS) is 17.4. The third-order valence-electron chi connectivity index (χ3n) is 6.39. The molecule has 1 amide bonds. The van der Waals surface area contributed by atoms with Crippen LogP contribution in [0.25, 0.3) is 5.69 Å². The third-order valence-corrected chi connectivity index (χ3v) is 6.39. The molecule has 1 aromatic carbocycles. The van der Waals surface area contributed by atoms with Crippen LogP contribution >= 0.6 is 0 Å². The van der Waals surface area contributed by atoms with Crippen LogP contribution in [0, 0.1) is 6.92 Å². The third kappa shape index (κ3) is 3.41. The van der Waals surface area contributed by atoms with E-state index in [9.17, 15) is 22.8 Å². The summed E-state index contributed by atoms with van der Waals surface area (Å²) < 4.78 is 42.6. The molecule has 1 fully saturated rings. The molecule has 0 atom stereocenters. The zero-order valence-corrected chi connectivity index (χ0v) is 17.4. The largest absolute Gasteiger partial charge is 0.416 e. The number of rotatable bonds is 4. The smallest absolute Gasteiger partial charge is 0.335 e. The summed E-state index contributed by atoms with van der Waals surface area (Å²) in [5.74, 6) is -0.278. The van der Waals surface area contributed by atoms with Gasteiger partial charge in [0.1, 0.15) is 11.4 Å². The molecule has 0 unspecified atom stereocenters. The monoisotopic (exact) mass is 442 g/mol. The molecule has 2 aromatic heterocycles. The topological polar surface area (TPSA) is 60.1 Å². The van der Waals surface area contributed by atoms with E-state index in [-0.39, 0.29) is 11.5 Å². The maximum Gasteiger partial charge on any atom is 0.416 e. The van der Waals surface area contributed by atoms with Gasteiger partial charge in [0, 0.05) is 31.2 Å². The highest BCUT2D eigenvalue weighted by atomic mass is 19.4. The Balaban J connectivity index is 1.41. The number of benzene rings is 1. The fraction of sp³-hybridized carbons (Fsp3) is 0.348. The molecule has 3 heterocycles. The van der Waals surface area contributed by atoms with E-state index in [2.05, 4.69) is 4.98 Å².